The van der Waals surface area contributed by atoms with Gasteiger partial charge in [-0.2, -0.15) is 0 Å². The number of carbonyl (C=O) groups is 2. The van der Waals surface area contributed by atoms with Gasteiger partial charge in [-0.15, -0.1) is 0 Å². The van der Waals surface area contributed by atoms with Crippen molar-refractivity contribution in [2.24, 2.45) is 45.8 Å². The summed E-state index contributed by atoms with van der Waals surface area (Å²) >= 11 is 0. The quantitative estimate of drug-likeness (QED) is 0.375. The summed E-state index contributed by atoms with van der Waals surface area (Å²) in [6.45, 7) is 7.96. The molecule has 4 bridgehead atoms. The first-order valence-electron chi connectivity index (χ1n) is 12.6. The van der Waals surface area contributed by atoms with Gasteiger partial charge in [0.25, 0.3) is 0 Å². The standard InChI is InChI=1S/C26H38O8/c1-12(2)17-8-15-9-24(10-27)16-7-6-13(3)18(16)25(15,26(17,24)23(30)31)11-33-22-20(29)19(28)21(32-5)14(4)34-22/h8,10,12-16,18-22,28-29H,6-7,9,11H2,1-5H3,(H,30,31)/t13-,14-,15?,16-,18-,19+,20+,21-,22-,24?,25?,26?/m1/s1. The zero-order valence-electron chi connectivity index (χ0n) is 20.6. The van der Waals surface area contributed by atoms with E-state index >= 15 is 0 Å². The van der Waals surface area contributed by atoms with Gasteiger partial charge in [-0.1, -0.05) is 38.8 Å². The normalized spacial score (nSPS) is 53.3. The van der Waals surface area contributed by atoms with Crippen LogP contribution >= 0.6 is 0 Å². The van der Waals surface area contributed by atoms with Crippen LogP contribution in [0.1, 0.15) is 47.0 Å². The minimum atomic E-state index is -1.33. The predicted molar refractivity (Wildman–Crippen MR) is 121 cm³/mol. The van der Waals surface area contributed by atoms with Crippen LogP contribution in [0.15, 0.2) is 11.6 Å². The predicted octanol–water partition coefficient (Wildman–Crippen LogP) is 2.02. The van der Waals surface area contributed by atoms with Crippen LogP contribution < -0.4 is 0 Å². The van der Waals surface area contributed by atoms with Crippen molar-refractivity contribution in [1.82, 2.24) is 0 Å². The summed E-state index contributed by atoms with van der Waals surface area (Å²) in [5.74, 6) is -0.773. The molecule has 34 heavy (non-hydrogen) atoms. The number of carbonyl (C=O) groups excluding carboxylic acids is 1. The third-order valence-corrected chi connectivity index (χ3v) is 10.4. The first-order chi connectivity index (χ1) is 16.0. The molecule has 5 aliphatic rings. The highest BCUT2D eigenvalue weighted by Gasteiger charge is 2.89. The zero-order chi connectivity index (χ0) is 24.8. The van der Waals surface area contributed by atoms with Crippen LogP contribution in [0, 0.1) is 45.8 Å². The molecule has 0 aromatic rings. The molecule has 0 spiro atoms. The fourth-order valence-corrected chi connectivity index (χ4v) is 9.44. The van der Waals surface area contributed by atoms with Gasteiger partial charge in [-0.05, 0) is 49.4 Å². The Morgan fingerprint density at radius 3 is 2.56 bits per heavy atom. The van der Waals surface area contributed by atoms with Gasteiger partial charge in [0.2, 0.25) is 0 Å². The Bertz CT molecular complexity index is 901. The lowest BCUT2D eigenvalue weighted by Gasteiger charge is -2.47. The average Bonchev–Trinajstić information content (AvgIpc) is 3.45. The van der Waals surface area contributed by atoms with Crippen molar-refractivity contribution < 1.29 is 39.1 Å². The molecule has 4 aliphatic carbocycles. The molecule has 8 heteroatoms. The minimum absolute atomic E-state index is 0.00187. The molecule has 0 aromatic heterocycles. The summed E-state index contributed by atoms with van der Waals surface area (Å²) in [5, 5.41) is 32.2. The minimum Gasteiger partial charge on any atom is -0.481 e. The number of hydrogen-bond acceptors (Lipinski definition) is 7. The average molecular weight is 479 g/mol. The maximum atomic E-state index is 13.4. The largest absolute Gasteiger partial charge is 0.481 e. The highest BCUT2D eigenvalue weighted by Crippen LogP contribution is 2.87. The molecule has 0 radical (unpaired) electrons. The number of rotatable bonds is 7. The van der Waals surface area contributed by atoms with Gasteiger partial charge >= 0.3 is 5.97 Å². The van der Waals surface area contributed by atoms with Crippen LogP contribution in [0.25, 0.3) is 0 Å². The lowest BCUT2D eigenvalue weighted by Crippen LogP contribution is -2.59. The Hall–Kier alpha value is -1.32. The topological polar surface area (TPSA) is 123 Å². The summed E-state index contributed by atoms with van der Waals surface area (Å²) in [7, 11) is 1.45. The molecule has 5 rings (SSSR count). The Labute approximate surface area is 200 Å². The Morgan fingerprint density at radius 1 is 1.26 bits per heavy atom. The van der Waals surface area contributed by atoms with Crippen molar-refractivity contribution in [3.63, 3.8) is 0 Å². The molecule has 3 N–H and O–H groups in total. The van der Waals surface area contributed by atoms with Crippen molar-refractivity contribution in [2.45, 2.75) is 77.7 Å². The Morgan fingerprint density at radius 2 is 1.97 bits per heavy atom. The molecule has 1 aliphatic heterocycles. The fraction of sp³-hybridized carbons (Fsp3) is 0.846. The summed E-state index contributed by atoms with van der Waals surface area (Å²) in [5.41, 5.74) is -2.23. The second kappa shape index (κ2) is 7.84. The van der Waals surface area contributed by atoms with Crippen LogP contribution in [-0.2, 0) is 23.8 Å². The number of ether oxygens (including phenoxy) is 3. The van der Waals surface area contributed by atoms with Crippen molar-refractivity contribution in [1.29, 1.82) is 0 Å². The molecule has 12 atom stereocenters. The number of hydrogen-bond donors (Lipinski definition) is 3. The molecular weight excluding hydrogens is 440 g/mol. The summed E-state index contributed by atoms with van der Waals surface area (Å²) < 4.78 is 17.4. The van der Waals surface area contributed by atoms with Crippen molar-refractivity contribution in [2.75, 3.05) is 13.7 Å². The first-order valence-corrected chi connectivity index (χ1v) is 12.6. The highest BCUT2D eigenvalue weighted by atomic mass is 16.7. The third-order valence-electron chi connectivity index (χ3n) is 10.4. The van der Waals surface area contributed by atoms with Crippen molar-refractivity contribution in [3.8, 4) is 0 Å². The van der Waals surface area contributed by atoms with Gasteiger partial charge in [-0.25, -0.2) is 0 Å². The van der Waals surface area contributed by atoms with Gasteiger partial charge in [0.05, 0.1) is 18.1 Å². The second-order valence-corrected chi connectivity index (χ2v) is 11.7. The third kappa shape index (κ3) is 2.51. The van der Waals surface area contributed by atoms with Gasteiger partial charge in [-0.3, -0.25) is 4.79 Å². The van der Waals surface area contributed by atoms with E-state index in [1.807, 2.05) is 13.8 Å². The van der Waals surface area contributed by atoms with Crippen molar-refractivity contribution >= 4 is 12.3 Å². The van der Waals surface area contributed by atoms with Crippen LogP contribution in [0.4, 0.5) is 0 Å². The van der Waals surface area contributed by atoms with Gasteiger partial charge < -0.3 is 34.3 Å². The molecule has 1 heterocycles. The molecule has 4 unspecified atom stereocenters. The van der Waals surface area contributed by atoms with Crippen LogP contribution in [0.3, 0.4) is 0 Å². The second-order valence-electron chi connectivity index (χ2n) is 11.7. The zero-order valence-corrected chi connectivity index (χ0v) is 20.6. The van der Waals surface area contributed by atoms with E-state index in [0.717, 1.165) is 24.7 Å². The van der Waals surface area contributed by atoms with Crippen LogP contribution in [0.2, 0.25) is 0 Å². The monoisotopic (exact) mass is 478 g/mol. The lowest BCUT2D eigenvalue weighted by atomic mass is 9.55. The Balaban J connectivity index is 1.58. The lowest BCUT2D eigenvalue weighted by molar-refractivity contribution is -0.305. The molecule has 3 saturated carbocycles. The number of fused-ring (bicyclic) bond motifs is 2. The molecule has 1 saturated heterocycles. The summed E-state index contributed by atoms with van der Waals surface area (Å²) in [6, 6.07) is 0. The highest BCUT2D eigenvalue weighted by molar-refractivity contribution is 5.91. The summed E-state index contributed by atoms with van der Waals surface area (Å²) in [4.78, 5) is 26.3. The number of carboxylic acid groups (broad SMARTS) is 1. The van der Waals surface area contributed by atoms with Crippen molar-refractivity contribution in [3.05, 3.63) is 11.6 Å². The van der Waals surface area contributed by atoms with E-state index in [1.54, 1.807) is 6.92 Å². The molecule has 8 nitrogen and oxygen atoms in total. The van der Waals surface area contributed by atoms with Gasteiger partial charge in [0, 0.05) is 12.5 Å². The molecular formula is C26H38O8. The van der Waals surface area contributed by atoms with Gasteiger partial charge in [0.15, 0.2) is 6.29 Å². The summed E-state index contributed by atoms with van der Waals surface area (Å²) in [6.07, 6.45) is 0.567. The Kier molecular flexibility index (Phi) is 5.62. The van der Waals surface area contributed by atoms with Gasteiger partial charge in [0.1, 0.15) is 30.0 Å². The molecule has 4 fully saturated rings. The number of carboxylic acids is 1. The number of aldehydes is 1. The van der Waals surface area contributed by atoms with E-state index in [0.29, 0.717) is 6.42 Å². The number of methoxy groups -OCH3 is 1. The smallest absolute Gasteiger partial charge is 0.315 e. The van der Waals surface area contributed by atoms with Crippen LogP contribution in [0.5, 0.6) is 0 Å². The van der Waals surface area contributed by atoms with E-state index in [4.69, 9.17) is 14.2 Å². The van der Waals surface area contributed by atoms with Crippen LogP contribution in [-0.4, -0.2) is 72.0 Å². The molecule has 0 amide bonds. The van der Waals surface area contributed by atoms with E-state index in [2.05, 4.69) is 13.0 Å². The van der Waals surface area contributed by atoms with E-state index < -0.39 is 52.9 Å². The molecule has 0 aromatic carbocycles. The van der Waals surface area contributed by atoms with E-state index in [-0.39, 0.29) is 36.2 Å². The maximum absolute atomic E-state index is 13.4. The number of aliphatic hydroxyl groups excluding tert-OH is 2. The number of aliphatic carboxylic acids is 1. The molecule has 190 valence electrons. The maximum Gasteiger partial charge on any atom is 0.315 e. The fourth-order valence-electron chi connectivity index (χ4n) is 9.44. The number of aliphatic hydroxyl groups is 2. The van der Waals surface area contributed by atoms with E-state index in [1.165, 1.54) is 7.11 Å². The van der Waals surface area contributed by atoms with E-state index in [9.17, 15) is 24.9 Å². The SMILES string of the molecule is CO[C@H]1[C@@H](O)[C@H](O)[C@H](OCC23C4C=C(C(C)C)C2(C(=O)O)C(C=O)(C4)[C@@H]2CC[C@@H](C)[C@H]23)O[C@@H]1C. The number of allylic oxidation sites excluding steroid dienone is 1. The first kappa shape index (κ1) is 24.4.